The highest BCUT2D eigenvalue weighted by Gasteiger charge is 2.13. The monoisotopic (exact) mass is 302 g/mol. The molecule has 0 aliphatic heterocycles. The highest BCUT2D eigenvalue weighted by molar-refractivity contribution is 5.75. The van der Waals surface area contributed by atoms with Crippen molar-refractivity contribution in [1.82, 2.24) is 0 Å². The molecule has 22 heavy (non-hydrogen) atoms. The Morgan fingerprint density at radius 1 is 1.18 bits per heavy atom. The van der Waals surface area contributed by atoms with Crippen LogP contribution in [0.2, 0.25) is 0 Å². The molecule has 1 atom stereocenters. The summed E-state index contributed by atoms with van der Waals surface area (Å²) in [6.45, 7) is 0.252. The van der Waals surface area contributed by atoms with Crippen molar-refractivity contribution in [1.29, 1.82) is 0 Å². The van der Waals surface area contributed by atoms with Gasteiger partial charge in [0.05, 0.1) is 4.92 Å². The molecule has 0 spiro atoms. The molecule has 0 aliphatic rings. The van der Waals surface area contributed by atoms with Crippen LogP contribution in [0.25, 0.3) is 0 Å². The van der Waals surface area contributed by atoms with Gasteiger partial charge in [0.2, 0.25) is 0 Å². The number of ether oxygens (including phenoxy) is 1. The van der Waals surface area contributed by atoms with Gasteiger partial charge in [0.15, 0.2) is 0 Å². The lowest BCUT2D eigenvalue weighted by Crippen LogP contribution is -2.20. The maximum atomic E-state index is 10.8. The zero-order valence-corrected chi connectivity index (χ0v) is 11.5. The normalized spacial score (nSPS) is 11.7. The highest BCUT2D eigenvalue weighted by atomic mass is 16.6. The number of nitrogens with two attached hydrogens (primary N) is 1. The number of carboxylic acid groups (broad SMARTS) is 1. The fraction of sp³-hybridized carbons (Fsp3) is 0.133. The van der Waals surface area contributed by atoms with E-state index in [0.29, 0.717) is 11.3 Å². The van der Waals surface area contributed by atoms with E-state index in [9.17, 15) is 14.9 Å². The Morgan fingerprint density at radius 2 is 1.77 bits per heavy atom. The van der Waals surface area contributed by atoms with Gasteiger partial charge in [-0.05, 0) is 35.4 Å². The van der Waals surface area contributed by atoms with Crippen molar-refractivity contribution in [2.24, 2.45) is 5.73 Å². The Kier molecular flexibility index (Phi) is 4.70. The van der Waals surface area contributed by atoms with E-state index in [0.717, 1.165) is 5.56 Å². The van der Waals surface area contributed by atoms with E-state index in [1.807, 2.05) is 0 Å². The molecule has 2 aromatic carbocycles. The van der Waals surface area contributed by atoms with Crippen LogP contribution in [-0.2, 0) is 11.4 Å². The maximum absolute atomic E-state index is 10.8. The Hall–Kier alpha value is -2.93. The van der Waals surface area contributed by atoms with Crippen molar-refractivity contribution in [3.05, 3.63) is 69.8 Å². The molecule has 0 saturated carbocycles. The second kappa shape index (κ2) is 6.68. The van der Waals surface area contributed by atoms with Crippen LogP contribution in [0.1, 0.15) is 17.2 Å². The van der Waals surface area contributed by atoms with Gasteiger partial charge in [0.25, 0.3) is 5.69 Å². The smallest absolute Gasteiger partial charge is 0.325 e. The van der Waals surface area contributed by atoms with Gasteiger partial charge in [-0.2, -0.15) is 0 Å². The van der Waals surface area contributed by atoms with Crippen molar-refractivity contribution in [3.63, 3.8) is 0 Å². The van der Waals surface area contributed by atoms with Crippen LogP contribution >= 0.6 is 0 Å². The quantitative estimate of drug-likeness (QED) is 0.624. The molecule has 2 aromatic rings. The topological polar surface area (TPSA) is 116 Å². The minimum Gasteiger partial charge on any atom is -0.489 e. The third kappa shape index (κ3) is 3.80. The lowest BCUT2D eigenvalue weighted by molar-refractivity contribution is -0.384. The van der Waals surface area contributed by atoms with E-state index in [1.165, 1.54) is 12.1 Å². The van der Waals surface area contributed by atoms with Gasteiger partial charge in [-0.1, -0.05) is 12.1 Å². The zero-order chi connectivity index (χ0) is 16.1. The standard InChI is InChI=1S/C15H14N2O5/c16-14(15(18)19)11-3-7-13(8-4-11)22-9-10-1-5-12(6-2-10)17(20)21/h1-8,14H,9,16H2,(H,18,19). The first-order valence-corrected chi connectivity index (χ1v) is 6.42. The molecule has 7 nitrogen and oxygen atoms in total. The minimum atomic E-state index is -1.10. The van der Waals surface area contributed by atoms with Crippen LogP contribution in [0.15, 0.2) is 48.5 Å². The van der Waals surface area contributed by atoms with Gasteiger partial charge < -0.3 is 15.6 Å². The molecule has 0 fully saturated rings. The van der Waals surface area contributed by atoms with Gasteiger partial charge in [-0.3, -0.25) is 14.9 Å². The number of carbonyl (C=O) groups is 1. The molecule has 114 valence electrons. The average Bonchev–Trinajstić information content (AvgIpc) is 2.53. The third-order valence-electron chi connectivity index (χ3n) is 3.06. The average molecular weight is 302 g/mol. The summed E-state index contributed by atoms with van der Waals surface area (Å²) in [5.41, 5.74) is 6.79. The number of nitrogens with zero attached hydrogens (tertiary/aromatic N) is 1. The maximum Gasteiger partial charge on any atom is 0.325 e. The van der Waals surface area contributed by atoms with Gasteiger partial charge in [-0.25, -0.2) is 0 Å². The lowest BCUT2D eigenvalue weighted by Gasteiger charge is -2.09. The van der Waals surface area contributed by atoms with Gasteiger partial charge in [0.1, 0.15) is 18.4 Å². The summed E-state index contributed by atoms with van der Waals surface area (Å²) in [4.78, 5) is 20.9. The number of hydrogen-bond donors (Lipinski definition) is 2. The second-order valence-electron chi connectivity index (χ2n) is 4.60. The summed E-state index contributed by atoms with van der Waals surface area (Å²) in [5, 5.41) is 19.4. The summed E-state index contributed by atoms with van der Waals surface area (Å²) in [6, 6.07) is 11.4. The molecule has 1 unspecified atom stereocenters. The zero-order valence-electron chi connectivity index (χ0n) is 11.5. The molecule has 7 heteroatoms. The number of carboxylic acids is 1. The summed E-state index contributed by atoms with van der Waals surface area (Å²) >= 11 is 0. The number of hydrogen-bond acceptors (Lipinski definition) is 5. The predicted molar refractivity (Wildman–Crippen MR) is 78.4 cm³/mol. The number of nitro groups is 1. The van der Waals surface area contributed by atoms with E-state index >= 15 is 0 Å². The van der Waals surface area contributed by atoms with Crippen molar-refractivity contribution in [3.8, 4) is 5.75 Å². The molecular weight excluding hydrogens is 288 g/mol. The molecule has 0 aromatic heterocycles. The fourth-order valence-corrected chi connectivity index (χ4v) is 1.79. The SMILES string of the molecule is NC(C(=O)O)c1ccc(OCc2ccc([N+](=O)[O-])cc2)cc1. The van der Waals surface area contributed by atoms with Crippen LogP contribution in [0.4, 0.5) is 5.69 Å². The Labute approximate surface area is 126 Å². The van der Waals surface area contributed by atoms with E-state index in [4.69, 9.17) is 15.6 Å². The number of aliphatic carboxylic acids is 1. The van der Waals surface area contributed by atoms with Crippen molar-refractivity contribution < 1.29 is 19.6 Å². The molecule has 3 N–H and O–H groups in total. The number of nitro benzene ring substituents is 1. The minimum absolute atomic E-state index is 0.0239. The Morgan fingerprint density at radius 3 is 2.27 bits per heavy atom. The van der Waals surface area contributed by atoms with E-state index in [-0.39, 0.29) is 12.3 Å². The number of benzene rings is 2. The van der Waals surface area contributed by atoms with E-state index in [1.54, 1.807) is 36.4 Å². The van der Waals surface area contributed by atoms with E-state index in [2.05, 4.69) is 0 Å². The van der Waals surface area contributed by atoms with Crippen molar-refractivity contribution in [2.75, 3.05) is 0 Å². The molecule has 0 aliphatic carbocycles. The largest absolute Gasteiger partial charge is 0.489 e. The first kappa shape index (κ1) is 15.5. The molecule has 0 saturated heterocycles. The molecular formula is C15H14N2O5. The number of rotatable bonds is 6. The molecule has 0 radical (unpaired) electrons. The lowest BCUT2D eigenvalue weighted by atomic mass is 10.1. The van der Waals surface area contributed by atoms with Gasteiger partial charge in [-0.15, -0.1) is 0 Å². The van der Waals surface area contributed by atoms with E-state index < -0.39 is 16.9 Å². The molecule has 0 bridgehead atoms. The summed E-state index contributed by atoms with van der Waals surface area (Å²) in [5.74, 6) is -0.542. The van der Waals surface area contributed by atoms with Crippen LogP contribution in [0, 0.1) is 10.1 Å². The predicted octanol–water partition coefficient (Wildman–Crippen LogP) is 2.26. The first-order valence-electron chi connectivity index (χ1n) is 6.42. The van der Waals surface area contributed by atoms with Crippen LogP contribution in [-0.4, -0.2) is 16.0 Å². The second-order valence-corrected chi connectivity index (χ2v) is 4.60. The van der Waals surface area contributed by atoms with Gasteiger partial charge in [0, 0.05) is 12.1 Å². The van der Waals surface area contributed by atoms with Crippen molar-refractivity contribution in [2.45, 2.75) is 12.6 Å². The summed E-state index contributed by atoms with van der Waals surface area (Å²) in [7, 11) is 0. The van der Waals surface area contributed by atoms with Gasteiger partial charge >= 0.3 is 5.97 Å². The third-order valence-corrected chi connectivity index (χ3v) is 3.06. The van der Waals surface area contributed by atoms with Crippen LogP contribution in [0.5, 0.6) is 5.75 Å². The summed E-state index contributed by atoms with van der Waals surface area (Å²) in [6.07, 6.45) is 0. The number of non-ortho nitro benzene ring substituents is 1. The van der Waals surface area contributed by atoms with Crippen molar-refractivity contribution >= 4 is 11.7 Å². The molecule has 0 heterocycles. The van der Waals surface area contributed by atoms with Crippen LogP contribution < -0.4 is 10.5 Å². The summed E-state index contributed by atoms with van der Waals surface area (Å²) < 4.78 is 5.53. The molecule has 2 rings (SSSR count). The molecule has 0 amide bonds. The first-order chi connectivity index (χ1) is 10.5. The Balaban J connectivity index is 1.97. The fourth-order valence-electron chi connectivity index (χ4n) is 1.79. The van der Waals surface area contributed by atoms with Crippen LogP contribution in [0.3, 0.4) is 0 Å². The highest BCUT2D eigenvalue weighted by Crippen LogP contribution is 2.18. The Bertz CT molecular complexity index is 667.